The monoisotopic (exact) mass is 383 g/mol. The molecule has 3 atom stereocenters. The maximum atomic E-state index is 12.4. The number of urea groups is 1. The first kappa shape index (κ1) is 18.5. The molecule has 8 nitrogen and oxygen atoms in total. The Bertz CT molecular complexity index is 800. The van der Waals surface area contributed by atoms with Gasteiger partial charge in [0, 0.05) is 32.0 Å². The van der Waals surface area contributed by atoms with Crippen LogP contribution < -0.4 is 16.0 Å². The van der Waals surface area contributed by atoms with E-state index >= 15 is 0 Å². The third-order valence-corrected chi connectivity index (χ3v) is 5.28. The van der Waals surface area contributed by atoms with E-state index in [-0.39, 0.29) is 30.1 Å². The number of ether oxygens (including phenoxy) is 1. The van der Waals surface area contributed by atoms with Gasteiger partial charge < -0.3 is 20.7 Å². The quantitative estimate of drug-likeness (QED) is 0.729. The third-order valence-electron chi connectivity index (χ3n) is 5.28. The average Bonchev–Trinajstić information content (AvgIpc) is 3.42. The van der Waals surface area contributed by atoms with E-state index in [4.69, 9.17) is 4.74 Å². The highest BCUT2D eigenvalue weighted by Gasteiger charge is 2.37. The van der Waals surface area contributed by atoms with Gasteiger partial charge in [-0.05, 0) is 43.0 Å². The van der Waals surface area contributed by atoms with E-state index in [0.29, 0.717) is 26.0 Å². The van der Waals surface area contributed by atoms with Gasteiger partial charge in [-0.15, -0.1) is 0 Å². The summed E-state index contributed by atoms with van der Waals surface area (Å²) in [5.74, 6) is 0.0243. The van der Waals surface area contributed by atoms with Crippen LogP contribution in [0.4, 0.5) is 4.79 Å². The molecule has 3 N–H and O–H groups in total. The predicted molar refractivity (Wildman–Crippen MR) is 103 cm³/mol. The lowest BCUT2D eigenvalue weighted by Gasteiger charge is -2.36. The summed E-state index contributed by atoms with van der Waals surface area (Å²) in [7, 11) is 0. The van der Waals surface area contributed by atoms with Crippen LogP contribution in [0.15, 0.2) is 42.7 Å². The minimum Gasteiger partial charge on any atom is -0.376 e. The molecule has 148 valence electrons. The highest BCUT2D eigenvalue weighted by Crippen LogP contribution is 2.22. The van der Waals surface area contributed by atoms with Gasteiger partial charge in [0.2, 0.25) is 5.91 Å². The van der Waals surface area contributed by atoms with Crippen LogP contribution in [0.3, 0.4) is 0 Å². The zero-order chi connectivity index (χ0) is 19.3. The summed E-state index contributed by atoms with van der Waals surface area (Å²) in [6.07, 6.45) is 6.54. The lowest BCUT2D eigenvalue weighted by molar-refractivity contribution is -0.125. The van der Waals surface area contributed by atoms with E-state index in [9.17, 15) is 9.59 Å². The number of carbonyl (C=O) groups excluding carboxylic acids is 2. The zero-order valence-electron chi connectivity index (χ0n) is 15.6. The number of benzene rings is 1. The first-order valence-electron chi connectivity index (χ1n) is 9.73. The molecule has 28 heavy (non-hydrogen) atoms. The van der Waals surface area contributed by atoms with Crippen molar-refractivity contribution in [1.29, 1.82) is 0 Å². The second-order valence-corrected chi connectivity index (χ2v) is 7.23. The fourth-order valence-electron chi connectivity index (χ4n) is 3.81. The molecule has 3 unspecified atom stereocenters. The van der Waals surface area contributed by atoms with E-state index in [2.05, 4.69) is 21.0 Å². The Hall–Kier alpha value is -2.87. The molecule has 1 aromatic heterocycles. The predicted octanol–water partition coefficient (Wildman–Crippen LogP) is 1.50. The number of hydrogen-bond acceptors (Lipinski definition) is 4. The molecule has 4 rings (SSSR count). The second kappa shape index (κ2) is 8.43. The Morgan fingerprint density at radius 3 is 2.86 bits per heavy atom. The fraction of sp³-hybridized carbons (Fsp3) is 0.450. The Morgan fingerprint density at radius 1 is 1.29 bits per heavy atom. The molecular formula is C20H25N5O3. The minimum absolute atomic E-state index is 0.0237. The molecule has 8 heteroatoms. The fourth-order valence-corrected chi connectivity index (χ4v) is 3.81. The van der Waals surface area contributed by atoms with Crippen molar-refractivity contribution in [3.8, 4) is 5.69 Å². The smallest absolute Gasteiger partial charge is 0.315 e. The van der Waals surface area contributed by atoms with E-state index in [1.165, 1.54) is 0 Å². The number of amides is 3. The van der Waals surface area contributed by atoms with Crippen LogP contribution in [0.25, 0.3) is 5.69 Å². The topological polar surface area (TPSA) is 97.3 Å². The zero-order valence-corrected chi connectivity index (χ0v) is 15.6. The van der Waals surface area contributed by atoms with Crippen LogP contribution in [0.1, 0.15) is 31.2 Å². The largest absolute Gasteiger partial charge is 0.376 e. The molecule has 0 bridgehead atoms. The summed E-state index contributed by atoms with van der Waals surface area (Å²) < 4.78 is 7.51. The van der Waals surface area contributed by atoms with Crippen molar-refractivity contribution in [2.45, 2.75) is 50.4 Å². The molecule has 3 amide bonds. The molecule has 2 aromatic rings. The third kappa shape index (κ3) is 4.33. The van der Waals surface area contributed by atoms with E-state index in [1.54, 1.807) is 10.9 Å². The number of carbonyl (C=O) groups is 2. The highest BCUT2D eigenvalue weighted by atomic mass is 16.5. The van der Waals surface area contributed by atoms with Crippen molar-refractivity contribution in [3.05, 3.63) is 48.3 Å². The summed E-state index contributed by atoms with van der Waals surface area (Å²) in [6, 6.07) is 9.21. The molecule has 2 aliphatic heterocycles. The maximum Gasteiger partial charge on any atom is 0.315 e. The van der Waals surface area contributed by atoms with Gasteiger partial charge in [0.1, 0.15) is 0 Å². The number of aromatic nitrogens is 2. The number of hydrogen-bond donors (Lipinski definition) is 3. The standard InChI is InChI=1S/C20H25N5O3/c26-18-9-8-16(19(24-18)17-3-1-12-28-17)23-20(27)21-13-14-4-6-15(7-5-14)25-11-2-10-22-25/h2,4-7,10-11,16-17,19H,1,3,8-9,12-13H2,(H,24,26)(H2,21,23,27). The molecule has 0 spiro atoms. The van der Waals surface area contributed by atoms with Crippen molar-refractivity contribution in [3.63, 3.8) is 0 Å². The van der Waals surface area contributed by atoms with Gasteiger partial charge in [0.15, 0.2) is 0 Å². The lowest BCUT2D eigenvalue weighted by atomic mass is 9.92. The summed E-state index contributed by atoms with van der Waals surface area (Å²) in [4.78, 5) is 24.2. The summed E-state index contributed by atoms with van der Waals surface area (Å²) >= 11 is 0. The number of rotatable bonds is 5. The summed E-state index contributed by atoms with van der Waals surface area (Å²) in [5, 5.41) is 13.1. The summed E-state index contributed by atoms with van der Waals surface area (Å²) in [6.45, 7) is 1.14. The van der Waals surface area contributed by atoms with Crippen LogP contribution in [0, 0.1) is 0 Å². The van der Waals surface area contributed by atoms with Gasteiger partial charge in [-0.3, -0.25) is 4.79 Å². The maximum absolute atomic E-state index is 12.4. The number of nitrogens with zero attached hydrogens (tertiary/aromatic N) is 2. The number of nitrogens with one attached hydrogen (secondary N) is 3. The molecule has 2 saturated heterocycles. The first-order valence-corrected chi connectivity index (χ1v) is 9.73. The van der Waals surface area contributed by atoms with Crippen molar-refractivity contribution in [2.75, 3.05) is 6.61 Å². The van der Waals surface area contributed by atoms with Crippen LogP contribution in [0.2, 0.25) is 0 Å². The minimum atomic E-state index is -0.236. The number of piperidine rings is 1. The molecule has 2 fully saturated rings. The molecule has 0 aliphatic carbocycles. The average molecular weight is 383 g/mol. The van der Waals surface area contributed by atoms with Gasteiger partial charge in [-0.2, -0.15) is 5.10 Å². The molecular weight excluding hydrogens is 358 g/mol. The second-order valence-electron chi connectivity index (χ2n) is 7.23. The van der Waals surface area contributed by atoms with Crippen molar-refractivity contribution < 1.29 is 14.3 Å². The van der Waals surface area contributed by atoms with E-state index in [0.717, 1.165) is 24.1 Å². The Kier molecular flexibility index (Phi) is 5.57. The summed E-state index contributed by atoms with van der Waals surface area (Å²) in [5.41, 5.74) is 1.97. The molecule has 0 radical (unpaired) electrons. The van der Waals surface area contributed by atoms with Crippen molar-refractivity contribution >= 4 is 11.9 Å². The first-order chi connectivity index (χ1) is 13.7. The Labute approximate surface area is 163 Å². The van der Waals surface area contributed by atoms with Gasteiger partial charge in [0.05, 0.1) is 23.9 Å². The Balaban J connectivity index is 1.30. The van der Waals surface area contributed by atoms with Crippen LogP contribution in [0.5, 0.6) is 0 Å². The molecule has 3 heterocycles. The van der Waals surface area contributed by atoms with Gasteiger partial charge in [-0.1, -0.05) is 12.1 Å². The van der Waals surface area contributed by atoms with Gasteiger partial charge >= 0.3 is 6.03 Å². The molecule has 2 aliphatic rings. The molecule has 0 saturated carbocycles. The van der Waals surface area contributed by atoms with Crippen molar-refractivity contribution in [2.24, 2.45) is 0 Å². The highest BCUT2D eigenvalue weighted by molar-refractivity contribution is 5.79. The van der Waals surface area contributed by atoms with Crippen molar-refractivity contribution in [1.82, 2.24) is 25.7 Å². The normalized spacial score (nSPS) is 24.6. The van der Waals surface area contributed by atoms with Crippen LogP contribution in [-0.2, 0) is 16.1 Å². The van der Waals surface area contributed by atoms with Crippen LogP contribution >= 0.6 is 0 Å². The lowest BCUT2D eigenvalue weighted by Crippen LogP contribution is -2.61. The van der Waals surface area contributed by atoms with Crippen LogP contribution in [-0.4, -0.2) is 46.5 Å². The Morgan fingerprint density at radius 2 is 2.14 bits per heavy atom. The SMILES string of the molecule is O=C1CCC(NC(=O)NCc2ccc(-n3cccn3)cc2)C(C2CCCO2)N1. The van der Waals surface area contributed by atoms with Gasteiger partial charge in [0.25, 0.3) is 0 Å². The van der Waals surface area contributed by atoms with E-state index < -0.39 is 0 Å². The van der Waals surface area contributed by atoms with E-state index in [1.807, 2.05) is 36.5 Å². The van der Waals surface area contributed by atoms with Gasteiger partial charge in [-0.25, -0.2) is 9.48 Å². The molecule has 1 aromatic carbocycles.